The Labute approximate surface area is 252 Å². The molecule has 0 saturated heterocycles. The van der Waals surface area contributed by atoms with Gasteiger partial charge in [0.2, 0.25) is 11.8 Å². The standard InChI is InChI=1S/C32H38F2N4O4S/c1-36(2)43(41,42)38(28-19-17-26(33)18-20-28)23-31(39)37(22-25-13-9-10-16-29(25)34)30(21-24-11-5-3-6-12-24)32(40)35-27-14-7-4-8-15-27/h3,5-6,9-13,16-20,27,30H,4,7-8,14-15,21-23H2,1-2H3,(H,35,40). The van der Waals surface area contributed by atoms with Gasteiger partial charge in [0.1, 0.15) is 24.2 Å². The Morgan fingerprint density at radius 1 is 0.884 bits per heavy atom. The van der Waals surface area contributed by atoms with Gasteiger partial charge >= 0.3 is 10.2 Å². The van der Waals surface area contributed by atoms with Crippen LogP contribution in [0.1, 0.15) is 43.2 Å². The minimum absolute atomic E-state index is 0.0465. The van der Waals surface area contributed by atoms with E-state index in [0.29, 0.717) is 0 Å². The molecule has 43 heavy (non-hydrogen) atoms. The number of nitrogens with zero attached hydrogens (tertiary/aromatic N) is 3. The van der Waals surface area contributed by atoms with E-state index in [1.807, 2.05) is 30.3 Å². The maximum Gasteiger partial charge on any atom is 0.304 e. The fourth-order valence-corrected chi connectivity index (χ4v) is 6.29. The molecule has 0 bridgehead atoms. The van der Waals surface area contributed by atoms with E-state index < -0.39 is 40.3 Å². The lowest BCUT2D eigenvalue weighted by Crippen LogP contribution is -2.55. The predicted molar refractivity (Wildman–Crippen MR) is 162 cm³/mol. The van der Waals surface area contributed by atoms with Gasteiger partial charge < -0.3 is 10.2 Å². The van der Waals surface area contributed by atoms with Crippen LogP contribution in [0.2, 0.25) is 0 Å². The van der Waals surface area contributed by atoms with Crippen LogP contribution in [0.15, 0.2) is 78.9 Å². The quantitative estimate of drug-likeness (QED) is 0.322. The Balaban J connectivity index is 1.75. The zero-order valence-corrected chi connectivity index (χ0v) is 25.3. The summed E-state index contributed by atoms with van der Waals surface area (Å²) >= 11 is 0. The second-order valence-electron chi connectivity index (χ2n) is 10.9. The fourth-order valence-electron chi connectivity index (χ4n) is 5.23. The summed E-state index contributed by atoms with van der Waals surface area (Å²) in [6, 6.07) is 18.8. The molecule has 1 atom stereocenters. The van der Waals surface area contributed by atoms with Crippen molar-refractivity contribution < 1.29 is 26.8 Å². The van der Waals surface area contributed by atoms with Crippen LogP contribution < -0.4 is 9.62 Å². The van der Waals surface area contributed by atoms with Crippen LogP contribution in [0.3, 0.4) is 0 Å². The highest BCUT2D eigenvalue weighted by molar-refractivity contribution is 7.90. The summed E-state index contributed by atoms with van der Waals surface area (Å²) in [7, 11) is -1.57. The molecule has 1 N–H and O–H groups in total. The van der Waals surface area contributed by atoms with Gasteiger partial charge in [0.15, 0.2) is 0 Å². The van der Waals surface area contributed by atoms with Crippen LogP contribution in [-0.4, -0.2) is 62.2 Å². The molecule has 0 aliphatic heterocycles. The van der Waals surface area contributed by atoms with Crippen LogP contribution in [-0.2, 0) is 32.8 Å². The van der Waals surface area contributed by atoms with Crippen molar-refractivity contribution in [2.24, 2.45) is 0 Å². The maximum absolute atomic E-state index is 15.0. The minimum Gasteiger partial charge on any atom is -0.352 e. The zero-order valence-electron chi connectivity index (χ0n) is 24.5. The molecule has 3 aromatic carbocycles. The number of carbonyl (C=O) groups excluding carboxylic acids is 2. The van der Waals surface area contributed by atoms with E-state index in [1.54, 1.807) is 6.07 Å². The molecule has 1 fully saturated rings. The summed E-state index contributed by atoms with van der Waals surface area (Å²) in [6.07, 6.45) is 4.85. The molecule has 0 heterocycles. The van der Waals surface area contributed by atoms with Gasteiger partial charge in [-0.25, -0.2) is 13.1 Å². The number of rotatable bonds is 12. The number of carbonyl (C=O) groups is 2. The van der Waals surface area contributed by atoms with E-state index in [1.165, 1.54) is 49.3 Å². The Morgan fingerprint density at radius 2 is 1.51 bits per heavy atom. The van der Waals surface area contributed by atoms with Crippen LogP contribution in [0.4, 0.5) is 14.5 Å². The molecule has 1 aliphatic rings. The van der Waals surface area contributed by atoms with Gasteiger partial charge in [-0.05, 0) is 48.7 Å². The molecule has 1 saturated carbocycles. The van der Waals surface area contributed by atoms with E-state index in [4.69, 9.17) is 0 Å². The summed E-state index contributed by atoms with van der Waals surface area (Å²) < 4.78 is 57.3. The first-order chi connectivity index (χ1) is 20.6. The molecule has 0 spiro atoms. The number of amides is 2. The van der Waals surface area contributed by atoms with Gasteiger partial charge in [0, 0.05) is 38.7 Å². The SMILES string of the molecule is CN(C)S(=O)(=O)N(CC(=O)N(Cc1ccccc1F)C(Cc1ccccc1)C(=O)NC1CCCCC1)c1ccc(F)cc1. The molecule has 0 aromatic heterocycles. The van der Waals surface area contributed by atoms with Gasteiger partial charge in [0.05, 0.1) is 5.69 Å². The summed E-state index contributed by atoms with van der Waals surface area (Å²) in [5, 5.41) is 3.11. The van der Waals surface area contributed by atoms with E-state index in [-0.39, 0.29) is 36.2 Å². The van der Waals surface area contributed by atoms with E-state index >= 15 is 0 Å². The second-order valence-corrected chi connectivity index (χ2v) is 13.0. The largest absolute Gasteiger partial charge is 0.352 e. The van der Waals surface area contributed by atoms with Crippen LogP contribution >= 0.6 is 0 Å². The van der Waals surface area contributed by atoms with Crippen LogP contribution in [0, 0.1) is 11.6 Å². The summed E-state index contributed by atoms with van der Waals surface area (Å²) in [4.78, 5) is 29.4. The smallest absolute Gasteiger partial charge is 0.304 e. The van der Waals surface area contributed by atoms with Gasteiger partial charge in [0.25, 0.3) is 0 Å². The topological polar surface area (TPSA) is 90.0 Å². The van der Waals surface area contributed by atoms with Crippen LogP contribution in [0.5, 0.6) is 0 Å². The summed E-state index contributed by atoms with van der Waals surface area (Å²) in [6.45, 7) is -0.955. The van der Waals surface area contributed by atoms with Crippen molar-refractivity contribution in [3.05, 3.63) is 102 Å². The number of hydrogen-bond acceptors (Lipinski definition) is 4. The van der Waals surface area contributed by atoms with Crippen molar-refractivity contribution in [2.45, 2.75) is 57.2 Å². The summed E-state index contributed by atoms with van der Waals surface area (Å²) in [5.74, 6) is -2.22. The monoisotopic (exact) mass is 612 g/mol. The van der Waals surface area contributed by atoms with Crippen LogP contribution in [0.25, 0.3) is 0 Å². The maximum atomic E-state index is 15.0. The van der Waals surface area contributed by atoms with E-state index in [0.717, 1.165) is 58.4 Å². The highest BCUT2D eigenvalue weighted by Gasteiger charge is 2.35. The number of nitrogens with one attached hydrogen (secondary N) is 1. The predicted octanol–water partition coefficient (Wildman–Crippen LogP) is 4.67. The number of halogens is 2. The normalized spacial score (nSPS) is 14.7. The first-order valence-corrected chi connectivity index (χ1v) is 15.8. The lowest BCUT2D eigenvalue weighted by molar-refractivity contribution is -0.140. The highest BCUT2D eigenvalue weighted by atomic mass is 32.2. The molecule has 11 heteroatoms. The average Bonchev–Trinajstić information content (AvgIpc) is 3.00. The van der Waals surface area contributed by atoms with Crippen molar-refractivity contribution in [1.29, 1.82) is 0 Å². The molecule has 0 radical (unpaired) electrons. The molecule has 1 unspecified atom stereocenters. The molecule has 8 nitrogen and oxygen atoms in total. The number of hydrogen-bond donors (Lipinski definition) is 1. The van der Waals surface area contributed by atoms with Gasteiger partial charge in [-0.2, -0.15) is 12.7 Å². The first kappa shape index (κ1) is 32.1. The molecular weight excluding hydrogens is 574 g/mol. The molecule has 3 aromatic rings. The average molecular weight is 613 g/mol. The fraction of sp³-hybridized carbons (Fsp3) is 0.375. The molecule has 230 valence electrons. The van der Waals surface area contributed by atoms with Gasteiger partial charge in [-0.3, -0.25) is 9.59 Å². The van der Waals surface area contributed by atoms with Crippen molar-refractivity contribution in [3.8, 4) is 0 Å². The Bertz CT molecular complexity index is 1480. The van der Waals surface area contributed by atoms with Gasteiger partial charge in [-0.15, -0.1) is 0 Å². The number of benzene rings is 3. The second kappa shape index (κ2) is 14.6. The first-order valence-electron chi connectivity index (χ1n) is 14.4. The number of anilines is 1. The molecular formula is C32H38F2N4O4S. The molecule has 2 amide bonds. The Kier molecular flexibility index (Phi) is 10.9. The van der Waals surface area contributed by atoms with Gasteiger partial charge in [-0.1, -0.05) is 67.8 Å². The van der Waals surface area contributed by atoms with E-state index in [2.05, 4.69) is 5.32 Å². The van der Waals surface area contributed by atoms with Crippen molar-refractivity contribution in [3.63, 3.8) is 0 Å². The van der Waals surface area contributed by atoms with Crippen molar-refractivity contribution >= 4 is 27.7 Å². The zero-order chi connectivity index (χ0) is 31.0. The van der Waals surface area contributed by atoms with Crippen molar-refractivity contribution in [1.82, 2.24) is 14.5 Å². The third-order valence-corrected chi connectivity index (χ3v) is 9.47. The third-order valence-electron chi connectivity index (χ3n) is 7.65. The Hall–Kier alpha value is -3.83. The molecule has 4 rings (SSSR count). The lowest BCUT2D eigenvalue weighted by Gasteiger charge is -2.35. The minimum atomic E-state index is -4.22. The highest BCUT2D eigenvalue weighted by Crippen LogP contribution is 2.24. The molecule has 1 aliphatic carbocycles. The van der Waals surface area contributed by atoms with E-state index in [9.17, 15) is 26.8 Å². The lowest BCUT2D eigenvalue weighted by atomic mass is 9.94. The Morgan fingerprint density at radius 3 is 2.14 bits per heavy atom. The third kappa shape index (κ3) is 8.39. The van der Waals surface area contributed by atoms with Crippen molar-refractivity contribution in [2.75, 3.05) is 24.9 Å². The summed E-state index contributed by atoms with van der Waals surface area (Å²) in [5.41, 5.74) is 1.04.